The van der Waals surface area contributed by atoms with Gasteiger partial charge >= 0.3 is 11.9 Å². The number of Topliss-reactive ketones (excluding diaryl/α,β-unsaturated/α-hetero) is 3. The van der Waals surface area contributed by atoms with Crippen LogP contribution in [0.15, 0.2) is 109 Å². The number of hydrogen-bond donors (Lipinski definition) is 15. The molecular formula is C75H113N15O18S. The zero-order valence-corrected chi connectivity index (χ0v) is 65.0. The van der Waals surface area contributed by atoms with E-state index in [1.54, 1.807) is 42.1 Å². The molecule has 1 saturated heterocycles. The number of ether oxygens (including phenoxy) is 2. The number of allylic oxidation sites excluding steroid dienone is 2. The molecule has 1 aliphatic heterocycles. The predicted octanol–water partition coefficient (Wildman–Crippen LogP) is 7.65. The Kier molecular flexibility index (Phi) is 52.4. The normalized spacial score (nSPS) is 14.8. The van der Waals surface area contributed by atoms with E-state index in [9.17, 15) is 73.5 Å². The SMILES string of the molecule is C=CCC(=O)CCC(NC(=O)c1ccc(NCc2cnc3nc(N)[nH]c(=O)c3n2)cc1)C(=O)O.C=CCC(=O)CCSCCCO[C@H]1OC(CO)[C@H](O)[C@H](O)C1O.C=CNC(=O)CCCCCCC(=O)CCC(NC(=O)c1ccc(NCc2cnc3nc(N)[nH]c(=O)c3n2)cc1)C(=O)O.CC.CC.CC.CC.CC. The van der Waals surface area contributed by atoms with Gasteiger partial charge in [-0.1, -0.05) is 101 Å². The highest BCUT2D eigenvalue weighted by Gasteiger charge is 2.44. The second kappa shape index (κ2) is 57.9. The lowest BCUT2D eigenvalue weighted by Gasteiger charge is -2.39. The number of H-pyrrole nitrogens is 2. The topological polar surface area (TPSA) is 532 Å². The van der Waals surface area contributed by atoms with Crippen LogP contribution < -0.4 is 49.2 Å². The van der Waals surface area contributed by atoms with Crippen LogP contribution >= 0.6 is 11.8 Å². The lowest BCUT2D eigenvalue weighted by atomic mass is 9.99. The molecule has 0 aliphatic carbocycles. The molecule has 0 spiro atoms. The Morgan fingerprint density at radius 2 is 1.00 bits per heavy atom. The van der Waals surface area contributed by atoms with Crippen molar-refractivity contribution in [3.8, 4) is 0 Å². The van der Waals surface area contributed by atoms with Gasteiger partial charge in [0.25, 0.3) is 22.9 Å². The molecule has 0 saturated carbocycles. The molecule has 0 bridgehead atoms. The average molecular weight is 1540 g/mol. The van der Waals surface area contributed by atoms with Crippen LogP contribution in [0.2, 0.25) is 0 Å². The van der Waals surface area contributed by atoms with Gasteiger partial charge < -0.3 is 78.2 Å². The number of ketones is 3. The molecule has 109 heavy (non-hydrogen) atoms. The van der Waals surface area contributed by atoms with Gasteiger partial charge in [-0.05, 0) is 92.6 Å². The summed E-state index contributed by atoms with van der Waals surface area (Å²) in [7, 11) is 0. The fraction of sp³-hybridized carbons (Fsp3) is 0.493. The third-order valence-electron chi connectivity index (χ3n) is 14.5. The van der Waals surface area contributed by atoms with Gasteiger partial charge in [0.15, 0.2) is 28.6 Å². The fourth-order valence-corrected chi connectivity index (χ4v) is 10.1. The molecule has 5 heterocycles. The quantitative estimate of drug-likeness (QED) is 0.0130. The number of carboxylic acid groups (broad SMARTS) is 2. The van der Waals surface area contributed by atoms with Crippen molar-refractivity contribution < 1.29 is 78.5 Å². The number of hydrogen-bond acceptors (Lipinski definition) is 27. The third-order valence-corrected chi connectivity index (χ3v) is 15.6. The van der Waals surface area contributed by atoms with E-state index in [4.69, 9.17) is 26.0 Å². The van der Waals surface area contributed by atoms with Crippen molar-refractivity contribution in [3.63, 3.8) is 0 Å². The van der Waals surface area contributed by atoms with Gasteiger partial charge in [0.05, 0.1) is 50.1 Å². The van der Waals surface area contributed by atoms with E-state index in [1.807, 2.05) is 69.2 Å². The molecule has 0 radical (unpaired) electrons. The van der Waals surface area contributed by atoms with E-state index < -0.39 is 84.3 Å². The van der Waals surface area contributed by atoms with Crippen LogP contribution in [0.3, 0.4) is 0 Å². The first-order chi connectivity index (χ1) is 52.4. The Labute approximate surface area is 639 Å². The maximum atomic E-state index is 12.7. The molecule has 602 valence electrons. The molecule has 4 aromatic heterocycles. The number of amides is 3. The number of carbonyl (C=O) groups excluding carboxylic acids is 6. The first-order valence-corrected chi connectivity index (χ1v) is 37.5. The summed E-state index contributed by atoms with van der Waals surface area (Å²) in [5.74, 6) is -2.28. The van der Waals surface area contributed by atoms with Gasteiger partial charge in [-0.15, -0.1) is 13.2 Å². The van der Waals surface area contributed by atoms with Crippen molar-refractivity contribution >= 4 is 104 Å². The number of nitrogens with two attached hydrogens (primary N) is 2. The predicted molar refractivity (Wildman–Crippen MR) is 422 cm³/mol. The van der Waals surface area contributed by atoms with Gasteiger partial charge in [0.1, 0.15) is 53.8 Å². The van der Waals surface area contributed by atoms with Gasteiger partial charge in [-0.2, -0.15) is 21.7 Å². The molecule has 1 aliphatic rings. The minimum atomic E-state index is -1.42. The number of aliphatic hydroxyl groups is 4. The third kappa shape index (κ3) is 37.9. The number of rotatable bonds is 39. The van der Waals surface area contributed by atoms with E-state index in [0.717, 1.165) is 24.3 Å². The Hall–Kier alpha value is -10.2. The van der Waals surface area contributed by atoms with Crippen LogP contribution in [0.5, 0.6) is 0 Å². The zero-order chi connectivity index (χ0) is 82.4. The molecule has 7 atom stereocenters. The number of carbonyl (C=O) groups is 8. The van der Waals surface area contributed by atoms with Crippen LogP contribution in [0.1, 0.15) is 191 Å². The molecule has 3 amide bonds. The standard InChI is InChI=1S/C28H34N8O6.C22H23N7O5.C15H26O7S.5C2H6/c1-2-30-22(38)8-6-4-3-5-7-20(37)13-14-21(27(41)42)34-25(39)17-9-11-18(12-10-17)31-15-19-16-32-24-23(33-19)26(40)36-28(29)35-24;1-2-3-15(30)8-9-16(21(33)34)27-19(31)12-4-6-13(7-5-12)24-10-14-11-25-18-17(26-14)20(32)29-22(23)28-18;1-2-4-10(17)5-8-23-7-3-6-21-15-14(20)13(19)12(18)11(9-16)22-15;5*1-2/h2,9-12,16,21,31H,1,3-8,13-15H2,(H,30,38)(H,34,39)(H,41,42)(H3,29,32,35,36,40);2,4-7,11,16,24H,1,3,8-10H2,(H,27,31)(H,33,34)(H3,23,25,28,29,32);2,11-16,18-20H,1,3-9H2;5*1-2H3/t;;11?,12-,13-,14?,15-;;;;;/m..0...../s1. The van der Waals surface area contributed by atoms with Crippen molar-refractivity contribution in [2.75, 3.05) is 46.8 Å². The van der Waals surface area contributed by atoms with Crippen molar-refractivity contribution in [2.24, 2.45) is 0 Å². The summed E-state index contributed by atoms with van der Waals surface area (Å²) in [4.78, 5) is 148. The number of nitrogen functional groups attached to an aromatic ring is 2. The lowest BCUT2D eigenvalue weighted by Crippen LogP contribution is -2.59. The maximum Gasteiger partial charge on any atom is 0.326 e. The smallest absolute Gasteiger partial charge is 0.326 e. The summed E-state index contributed by atoms with van der Waals surface area (Å²) >= 11 is 1.63. The molecule has 4 unspecified atom stereocenters. The molecule has 6 aromatic rings. The molecule has 7 rings (SSSR count). The maximum absolute atomic E-state index is 12.7. The summed E-state index contributed by atoms with van der Waals surface area (Å²) in [6, 6.07) is 10.3. The lowest BCUT2D eigenvalue weighted by molar-refractivity contribution is -0.300. The Morgan fingerprint density at radius 1 is 0.569 bits per heavy atom. The number of fused-ring (bicyclic) bond motifs is 2. The number of aromatic amines is 2. The summed E-state index contributed by atoms with van der Waals surface area (Å²) < 4.78 is 10.6. The number of aliphatic hydroxyl groups excluding tert-OH is 4. The highest BCUT2D eigenvalue weighted by Crippen LogP contribution is 2.23. The van der Waals surface area contributed by atoms with Gasteiger partial charge in [0.2, 0.25) is 17.8 Å². The molecular weight excluding hydrogens is 1430 g/mol. The number of nitrogens with one attached hydrogen (secondary N) is 7. The van der Waals surface area contributed by atoms with Gasteiger partial charge in [0, 0.05) is 73.2 Å². The number of nitrogens with zero attached hydrogens (tertiary/aromatic N) is 6. The van der Waals surface area contributed by atoms with Crippen molar-refractivity contribution in [1.29, 1.82) is 0 Å². The summed E-state index contributed by atoms with van der Waals surface area (Å²) in [6.45, 7) is 30.7. The summed E-state index contributed by atoms with van der Waals surface area (Å²) in [5, 5.41) is 70.6. The van der Waals surface area contributed by atoms with Crippen molar-refractivity contribution in [1.82, 2.24) is 55.8 Å². The monoisotopic (exact) mass is 1540 g/mol. The molecule has 2 aromatic carbocycles. The van der Waals surface area contributed by atoms with Crippen LogP contribution in [-0.4, -0.2) is 185 Å². The van der Waals surface area contributed by atoms with Crippen LogP contribution in [0.4, 0.5) is 23.3 Å². The number of benzene rings is 2. The highest BCUT2D eigenvalue weighted by molar-refractivity contribution is 7.99. The Bertz CT molecular complexity index is 3860. The minimum absolute atomic E-state index is 0.00880. The first-order valence-electron chi connectivity index (χ1n) is 36.4. The zero-order valence-electron chi connectivity index (χ0n) is 64.1. The molecule has 33 nitrogen and oxygen atoms in total. The molecule has 17 N–H and O–H groups in total. The van der Waals surface area contributed by atoms with E-state index in [-0.39, 0.29) is 114 Å². The summed E-state index contributed by atoms with van der Waals surface area (Å²) in [6.07, 6.45) is 6.63. The van der Waals surface area contributed by atoms with E-state index in [1.165, 1.54) is 48.9 Å². The second-order valence-electron chi connectivity index (χ2n) is 22.2. The fourth-order valence-electron chi connectivity index (χ4n) is 9.24. The highest BCUT2D eigenvalue weighted by atomic mass is 32.2. The van der Waals surface area contributed by atoms with Crippen LogP contribution in [-0.2, 0) is 51.3 Å². The van der Waals surface area contributed by atoms with Gasteiger partial charge in [-0.3, -0.25) is 48.3 Å². The number of aromatic nitrogens is 8. The van der Waals surface area contributed by atoms with Crippen molar-refractivity contribution in [2.45, 2.75) is 215 Å². The first kappa shape index (κ1) is 98.8. The summed E-state index contributed by atoms with van der Waals surface area (Å²) in [5.41, 5.74) is 13.2. The van der Waals surface area contributed by atoms with E-state index >= 15 is 0 Å². The number of thioether (sulfide) groups is 1. The minimum Gasteiger partial charge on any atom is -0.480 e. The van der Waals surface area contributed by atoms with Gasteiger partial charge in [-0.25, -0.2) is 29.5 Å². The Morgan fingerprint density at radius 3 is 1.42 bits per heavy atom. The second-order valence-corrected chi connectivity index (χ2v) is 23.4. The number of anilines is 4. The Balaban J connectivity index is 0.00000157. The number of carboxylic acids is 2. The van der Waals surface area contributed by atoms with Crippen molar-refractivity contribution in [3.05, 3.63) is 142 Å². The van der Waals surface area contributed by atoms with E-state index in [2.05, 4.69) is 86.2 Å². The molecule has 34 heteroatoms. The van der Waals surface area contributed by atoms with E-state index in [0.29, 0.717) is 74.3 Å². The number of aliphatic carboxylic acids is 2. The van der Waals surface area contributed by atoms with Crippen LogP contribution in [0.25, 0.3) is 22.3 Å². The number of unbranched alkanes of at least 4 members (excludes halogenated alkanes) is 3. The molecule has 1 fully saturated rings. The average Bonchev–Trinajstić information content (AvgIpc) is 0.927. The largest absolute Gasteiger partial charge is 0.480 e. The van der Waals surface area contributed by atoms with Crippen LogP contribution in [0, 0.1) is 0 Å².